The molecule has 0 fully saturated rings. The molecule has 10 heteroatoms. The third kappa shape index (κ3) is 3.85. The van der Waals surface area contributed by atoms with E-state index in [1.165, 1.54) is 28.5 Å². The van der Waals surface area contributed by atoms with Crippen LogP contribution >= 0.6 is 11.8 Å². The first-order valence-electron chi connectivity index (χ1n) is 8.87. The Morgan fingerprint density at radius 1 is 1.20 bits per heavy atom. The summed E-state index contributed by atoms with van der Waals surface area (Å²) in [5, 5.41) is 15.9. The standard InChI is InChI=1S/C20H15N5O4S/c1-2-10-24-19(26)15-8-3-4-9-16(15)21-20(24)30-12-17-22-18(23-29-17)13-6-5-7-14(11-13)25(27)28/h2-9,11H,1,10,12H2. The number of allylic oxidation sites excluding steroid dienone is 1. The monoisotopic (exact) mass is 421 g/mol. The molecular weight excluding hydrogens is 406 g/mol. The molecule has 4 rings (SSSR count). The zero-order valence-corrected chi connectivity index (χ0v) is 16.4. The Labute approximate surface area is 174 Å². The molecule has 4 aromatic rings. The van der Waals surface area contributed by atoms with Crippen molar-refractivity contribution in [1.82, 2.24) is 19.7 Å². The van der Waals surface area contributed by atoms with Gasteiger partial charge in [-0.25, -0.2) is 4.98 Å². The number of non-ortho nitro benzene ring substituents is 1. The highest BCUT2D eigenvalue weighted by atomic mass is 32.2. The Bertz CT molecular complexity index is 1310. The van der Waals surface area contributed by atoms with E-state index in [1.807, 2.05) is 6.07 Å². The van der Waals surface area contributed by atoms with Crippen molar-refractivity contribution in [2.45, 2.75) is 17.5 Å². The number of nitro groups is 1. The lowest BCUT2D eigenvalue weighted by Gasteiger charge is -2.10. The predicted octanol–water partition coefficient (Wildman–Crippen LogP) is 3.83. The minimum Gasteiger partial charge on any atom is -0.338 e. The molecule has 2 aromatic carbocycles. The number of aromatic nitrogens is 4. The average molecular weight is 421 g/mol. The molecule has 0 atom stereocenters. The lowest BCUT2D eigenvalue weighted by Crippen LogP contribution is -2.22. The first-order chi connectivity index (χ1) is 14.6. The molecule has 0 aliphatic heterocycles. The second kappa shape index (κ2) is 8.29. The molecule has 0 saturated heterocycles. The Kier molecular flexibility index (Phi) is 5.40. The lowest BCUT2D eigenvalue weighted by atomic mass is 10.2. The summed E-state index contributed by atoms with van der Waals surface area (Å²) in [6.07, 6.45) is 1.63. The molecule has 2 heterocycles. The van der Waals surface area contributed by atoms with Crippen LogP contribution in [0.15, 0.2) is 75.7 Å². The highest BCUT2D eigenvalue weighted by molar-refractivity contribution is 7.98. The van der Waals surface area contributed by atoms with Gasteiger partial charge in [0.25, 0.3) is 11.2 Å². The molecule has 0 bridgehead atoms. The van der Waals surface area contributed by atoms with Crippen molar-refractivity contribution in [2.24, 2.45) is 0 Å². The van der Waals surface area contributed by atoms with Gasteiger partial charge in [-0.15, -0.1) is 6.58 Å². The van der Waals surface area contributed by atoms with E-state index in [0.29, 0.717) is 34.1 Å². The van der Waals surface area contributed by atoms with Crippen LogP contribution in [-0.4, -0.2) is 24.6 Å². The van der Waals surface area contributed by atoms with E-state index >= 15 is 0 Å². The molecule has 0 aliphatic carbocycles. The molecule has 150 valence electrons. The smallest absolute Gasteiger partial charge is 0.270 e. The van der Waals surface area contributed by atoms with Crippen molar-refractivity contribution in [3.63, 3.8) is 0 Å². The lowest BCUT2D eigenvalue weighted by molar-refractivity contribution is -0.384. The predicted molar refractivity (Wildman–Crippen MR) is 112 cm³/mol. The van der Waals surface area contributed by atoms with E-state index in [4.69, 9.17) is 4.52 Å². The summed E-state index contributed by atoms with van der Waals surface area (Å²) in [6, 6.07) is 13.1. The number of hydrogen-bond acceptors (Lipinski definition) is 8. The van der Waals surface area contributed by atoms with Gasteiger partial charge in [-0.1, -0.05) is 47.3 Å². The maximum Gasteiger partial charge on any atom is 0.270 e. The quantitative estimate of drug-likeness (QED) is 0.145. The van der Waals surface area contributed by atoms with Gasteiger partial charge in [0.1, 0.15) is 0 Å². The fraction of sp³-hybridized carbons (Fsp3) is 0.100. The number of thioether (sulfide) groups is 1. The van der Waals surface area contributed by atoms with Crippen LogP contribution in [0.2, 0.25) is 0 Å². The van der Waals surface area contributed by atoms with Crippen LogP contribution in [-0.2, 0) is 12.3 Å². The maximum absolute atomic E-state index is 12.8. The van der Waals surface area contributed by atoms with Crippen molar-refractivity contribution < 1.29 is 9.45 Å². The number of nitro benzene ring substituents is 1. The van der Waals surface area contributed by atoms with Crippen LogP contribution in [0.4, 0.5) is 5.69 Å². The van der Waals surface area contributed by atoms with Gasteiger partial charge in [0.2, 0.25) is 11.7 Å². The van der Waals surface area contributed by atoms with Crippen LogP contribution < -0.4 is 5.56 Å². The molecule has 9 nitrogen and oxygen atoms in total. The van der Waals surface area contributed by atoms with Gasteiger partial charge in [0.05, 0.1) is 21.6 Å². The first-order valence-corrected chi connectivity index (χ1v) is 9.86. The van der Waals surface area contributed by atoms with E-state index in [9.17, 15) is 14.9 Å². The molecular formula is C20H15N5O4S. The summed E-state index contributed by atoms with van der Waals surface area (Å²) in [7, 11) is 0. The topological polar surface area (TPSA) is 117 Å². The van der Waals surface area contributed by atoms with Crippen LogP contribution in [0.5, 0.6) is 0 Å². The van der Waals surface area contributed by atoms with Crippen molar-refractivity contribution in [3.8, 4) is 11.4 Å². The normalized spacial score (nSPS) is 10.9. The van der Waals surface area contributed by atoms with Crippen molar-refractivity contribution in [3.05, 3.63) is 87.5 Å². The van der Waals surface area contributed by atoms with Crippen LogP contribution in [0, 0.1) is 10.1 Å². The van der Waals surface area contributed by atoms with Crippen molar-refractivity contribution in [1.29, 1.82) is 0 Å². The molecule has 0 unspecified atom stereocenters. The molecule has 0 amide bonds. The van der Waals surface area contributed by atoms with Gasteiger partial charge < -0.3 is 4.52 Å². The molecule has 0 radical (unpaired) electrons. The summed E-state index contributed by atoms with van der Waals surface area (Å²) < 4.78 is 6.81. The summed E-state index contributed by atoms with van der Waals surface area (Å²) in [4.78, 5) is 32.1. The zero-order chi connectivity index (χ0) is 21.1. The van der Waals surface area contributed by atoms with Gasteiger partial charge in [0, 0.05) is 24.2 Å². The third-order valence-electron chi connectivity index (χ3n) is 4.25. The van der Waals surface area contributed by atoms with Crippen molar-refractivity contribution in [2.75, 3.05) is 0 Å². The summed E-state index contributed by atoms with van der Waals surface area (Å²) >= 11 is 1.29. The van der Waals surface area contributed by atoms with Crippen LogP contribution in [0.1, 0.15) is 5.89 Å². The first kappa shape index (κ1) is 19.5. The summed E-state index contributed by atoms with van der Waals surface area (Å²) in [5.74, 6) is 0.849. The fourth-order valence-electron chi connectivity index (χ4n) is 2.86. The number of benzene rings is 2. The van der Waals surface area contributed by atoms with Crippen molar-refractivity contribution >= 4 is 28.4 Å². The Hall–Kier alpha value is -3.79. The van der Waals surface area contributed by atoms with E-state index < -0.39 is 4.92 Å². The molecule has 0 spiro atoms. The second-order valence-corrected chi connectivity index (χ2v) is 7.17. The van der Waals surface area contributed by atoms with Crippen LogP contribution in [0.25, 0.3) is 22.3 Å². The Morgan fingerprint density at radius 2 is 2.03 bits per heavy atom. The number of fused-ring (bicyclic) bond motifs is 1. The van der Waals surface area contributed by atoms with E-state index in [2.05, 4.69) is 21.7 Å². The molecule has 0 saturated carbocycles. The van der Waals surface area contributed by atoms with E-state index in [0.717, 1.165) is 0 Å². The molecule has 0 aliphatic rings. The van der Waals surface area contributed by atoms with Gasteiger partial charge in [-0.3, -0.25) is 19.5 Å². The fourth-order valence-corrected chi connectivity index (χ4v) is 3.71. The van der Waals surface area contributed by atoms with E-state index in [1.54, 1.807) is 36.4 Å². The Morgan fingerprint density at radius 3 is 2.83 bits per heavy atom. The number of para-hydroxylation sites is 1. The van der Waals surface area contributed by atoms with E-state index in [-0.39, 0.29) is 22.8 Å². The highest BCUT2D eigenvalue weighted by Gasteiger charge is 2.15. The van der Waals surface area contributed by atoms with Gasteiger partial charge in [-0.2, -0.15) is 4.98 Å². The van der Waals surface area contributed by atoms with Crippen LogP contribution in [0.3, 0.4) is 0 Å². The summed E-state index contributed by atoms with van der Waals surface area (Å²) in [6.45, 7) is 4.03. The van der Waals surface area contributed by atoms with Gasteiger partial charge >= 0.3 is 0 Å². The van der Waals surface area contributed by atoms with Gasteiger partial charge in [0.15, 0.2) is 5.16 Å². The molecule has 30 heavy (non-hydrogen) atoms. The zero-order valence-electron chi connectivity index (χ0n) is 15.6. The Balaban J connectivity index is 1.60. The largest absolute Gasteiger partial charge is 0.338 e. The number of nitrogens with zero attached hydrogens (tertiary/aromatic N) is 5. The SMILES string of the molecule is C=CCn1c(SCc2nc(-c3cccc([N+](=O)[O-])c3)no2)nc2ccccc2c1=O. The molecule has 0 N–H and O–H groups in total. The highest BCUT2D eigenvalue weighted by Crippen LogP contribution is 2.25. The second-order valence-electron chi connectivity index (χ2n) is 6.22. The average Bonchev–Trinajstić information content (AvgIpc) is 3.24. The maximum atomic E-state index is 12.8. The minimum atomic E-state index is -0.482. The number of hydrogen-bond donors (Lipinski definition) is 0. The number of rotatable bonds is 7. The minimum absolute atomic E-state index is 0.0537. The molecule has 2 aromatic heterocycles. The summed E-state index contributed by atoms with van der Waals surface area (Å²) in [5.41, 5.74) is 0.887. The van der Waals surface area contributed by atoms with Gasteiger partial charge in [-0.05, 0) is 12.1 Å². The third-order valence-corrected chi connectivity index (χ3v) is 5.21.